The Balaban J connectivity index is 1.80. The summed E-state index contributed by atoms with van der Waals surface area (Å²) in [6.45, 7) is 0.370. The Labute approximate surface area is 130 Å². The lowest BCUT2D eigenvalue weighted by molar-refractivity contribution is -0.384. The summed E-state index contributed by atoms with van der Waals surface area (Å²) < 4.78 is 0. The van der Waals surface area contributed by atoms with Crippen LogP contribution in [0.15, 0.2) is 48.5 Å². The standard InChI is InChI=1S/C14H10ClN5O2/c15-13-4-2-1-3-12(13)14-16-18-19(17-14)9-10-5-7-11(8-6-10)20(21)22/h1-8H,9H2. The topological polar surface area (TPSA) is 86.7 Å². The van der Waals surface area contributed by atoms with Gasteiger partial charge in [0.2, 0.25) is 5.82 Å². The van der Waals surface area contributed by atoms with E-state index in [1.807, 2.05) is 18.2 Å². The van der Waals surface area contributed by atoms with Crippen molar-refractivity contribution >= 4 is 17.3 Å². The van der Waals surface area contributed by atoms with E-state index in [0.29, 0.717) is 23.0 Å². The molecule has 0 spiro atoms. The highest BCUT2D eigenvalue weighted by Crippen LogP contribution is 2.23. The van der Waals surface area contributed by atoms with Gasteiger partial charge in [0.25, 0.3) is 5.69 Å². The smallest absolute Gasteiger partial charge is 0.258 e. The molecule has 22 heavy (non-hydrogen) atoms. The molecule has 0 aliphatic heterocycles. The summed E-state index contributed by atoms with van der Waals surface area (Å²) in [6, 6.07) is 13.5. The van der Waals surface area contributed by atoms with Gasteiger partial charge in [0.15, 0.2) is 0 Å². The predicted octanol–water partition coefficient (Wildman–Crippen LogP) is 2.95. The van der Waals surface area contributed by atoms with E-state index >= 15 is 0 Å². The van der Waals surface area contributed by atoms with E-state index in [1.165, 1.54) is 16.9 Å². The fourth-order valence-electron chi connectivity index (χ4n) is 1.95. The van der Waals surface area contributed by atoms with Crippen LogP contribution < -0.4 is 0 Å². The van der Waals surface area contributed by atoms with Crippen LogP contribution in [0.3, 0.4) is 0 Å². The van der Waals surface area contributed by atoms with Crippen LogP contribution in [0.5, 0.6) is 0 Å². The van der Waals surface area contributed by atoms with Gasteiger partial charge in [-0.2, -0.15) is 4.80 Å². The van der Waals surface area contributed by atoms with Crippen molar-refractivity contribution in [2.45, 2.75) is 6.54 Å². The van der Waals surface area contributed by atoms with Crippen molar-refractivity contribution in [2.24, 2.45) is 0 Å². The van der Waals surface area contributed by atoms with E-state index in [4.69, 9.17) is 11.6 Å². The molecule has 110 valence electrons. The van der Waals surface area contributed by atoms with E-state index in [9.17, 15) is 10.1 Å². The minimum absolute atomic E-state index is 0.0482. The minimum atomic E-state index is -0.437. The third-order valence-corrected chi connectivity index (χ3v) is 3.37. The van der Waals surface area contributed by atoms with Crippen LogP contribution in [-0.4, -0.2) is 25.1 Å². The maximum atomic E-state index is 10.6. The van der Waals surface area contributed by atoms with Crippen molar-refractivity contribution in [3.63, 3.8) is 0 Å². The molecule has 1 aromatic heterocycles. The maximum absolute atomic E-state index is 10.6. The van der Waals surface area contributed by atoms with Crippen LogP contribution in [0.25, 0.3) is 11.4 Å². The Kier molecular flexibility index (Phi) is 3.80. The van der Waals surface area contributed by atoms with E-state index in [1.54, 1.807) is 18.2 Å². The van der Waals surface area contributed by atoms with Crippen LogP contribution in [0.2, 0.25) is 5.02 Å². The first-order valence-corrected chi connectivity index (χ1v) is 6.77. The number of aromatic nitrogens is 4. The largest absolute Gasteiger partial charge is 0.269 e. The third kappa shape index (κ3) is 2.94. The third-order valence-electron chi connectivity index (χ3n) is 3.04. The Morgan fingerprint density at radius 3 is 2.55 bits per heavy atom. The molecule has 0 atom stereocenters. The second kappa shape index (κ2) is 5.90. The average molecular weight is 316 g/mol. The van der Waals surface area contributed by atoms with Crippen LogP contribution in [0.1, 0.15) is 5.56 Å². The number of halogens is 1. The first-order valence-electron chi connectivity index (χ1n) is 6.39. The second-order valence-electron chi connectivity index (χ2n) is 4.55. The zero-order chi connectivity index (χ0) is 15.5. The van der Waals surface area contributed by atoms with Crippen LogP contribution in [0.4, 0.5) is 5.69 Å². The van der Waals surface area contributed by atoms with Gasteiger partial charge in [-0.25, -0.2) is 0 Å². The van der Waals surface area contributed by atoms with Crippen molar-refractivity contribution in [1.82, 2.24) is 20.2 Å². The summed E-state index contributed by atoms with van der Waals surface area (Å²) in [5.74, 6) is 0.438. The molecule has 1 heterocycles. The number of hydrogen-bond acceptors (Lipinski definition) is 5. The molecule has 0 saturated carbocycles. The molecule has 2 aromatic carbocycles. The lowest BCUT2D eigenvalue weighted by Crippen LogP contribution is -2.04. The Morgan fingerprint density at radius 2 is 1.86 bits per heavy atom. The highest BCUT2D eigenvalue weighted by molar-refractivity contribution is 6.33. The second-order valence-corrected chi connectivity index (χ2v) is 4.95. The quantitative estimate of drug-likeness (QED) is 0.545. The van der Waals surface area contributed by atoms with Gasteiger partial charge in [-0.15, -0.1) is 10.2 Å². The molecule has 0 unspecified atom stereocenters. The van der Waals surface area contributed by atoms with Gasteiger partial charge >= 0.3 is 0 Å². The van der Waals surface area contributed by atoms with Crippen LogP contribution >= 0.6 is 11.6 Å². The SMILES string of the molecule is O=[N+]([O-])c1ccc(Cn2nnc(-c3ccccc3Cl)n2)cc1. The van der Waals surface area contributed by atoms with Gasteiger partial charge in [0.1, 0.15) is 0 Å². The van der Waals surface area contributed by atoms with E-state index in [2.05, 4.69) is 15.4 Å². The molecule has 0 saturated heterocycles. The van der Waals surface area contributed by atoms with Crippen molar-refractivity contribution in [2.75, 3.05) is 0 Å². The van der Waals surface area contributed by atoms with Gasteiger partial charge in [0, 0.05) is 17.7 Å². The fraction of sp³-hybridized carbons (Fsp3) is 0.0714. The molecular formula is C14H10ClN5O2. The number of tetrazole rings is 1. The number of non-ortho nitro benzene ring substituents is 1. The summed E-state index contributed by atoms with van der Waals surface area (Å²) in [4.78, 5) is 11.6. The summed E-state index contributed by atoms with van der Waals surface area (Å²) in [6.07, 6.45) is 0. The van der Waals surface area contributed by atoms with Gasteiger partial charge in [0.05, 0.1) is 16.5 Å². The lowest BCUT2D eigenvalue weighted by Gasteiger charge is -1.99. The number of nitro benzene ring substituents is 1. The molecule has 8 heteroatoms. The van der Waals surface area contributed by atoms with Crippen molar-refractivity contribution in [3.8, 4) is 11.4 Å². The van der Waals surface area contributed by atoms with Crippen molar-refractivity contribution in [1.29, 1.82) is 0 Å². The molecule has 0 radical (unpaired) electrons. The Morgan fingerprint density at radius 1 is 1.14 bits per heavy atom. The molecule has 0 fully saturated rings. The van der Waals surface area contributed by atoms with Gasteiger partial charge < -0.3 is 0 Å². The van der Waals surface area contributed by atoms with Gasteiger partial charge in [-0.1, -0.05) is 35.9 Å². The molecule has 0 aliphatic carbocycles. The Hall–Kier alpha value is -2.80. The molecule has 0 aliphatic rings. The first kappa shape index (κ1) is 14.2. The zero-order valence-electron chi connectivity index (χ0n) is 11.3. The van der Waals surface area contributed by atoms with E-state index in [0.717, 1.165) is 5.56 Å². The molecule has 0 bridgehead atoms. The highest BCUT2D eigenvalue weighted by atomic mass is 35.5. The number of rotatable bonds is 4. The fourth-order valence-corrected chi connectivity index (χ4v) is 2.17. The van der Waals surface area contributed by atoms with E-state index < -0.39 is 4.92 Å². The van der Waals surface area contributed by atoms with Gasteiger partial charge in [-0.3, -0.25) is 10.1 Å². The van der Waals surface area contributed by atoms with Gasteiger partial charge in [-0.05, 0) is 22.9 Å². The summed E-state index contributed by atoms with van der Waals surface area (Å²) in [5, 5.41) is 23.4. The molecule has 7 nitrogen and oxygen atoms in total. The molecule has 0 amide bonds. The zero-order valence-corrected chi connectivity index (χ0v) is 12.0. The highest BCUT2D eigenvalue weighted by Gasteiger charge is 2.10. The maximum Gasteiger partial charge on any atom is 0.269 e. The summed E-state index contributed by atoms with van der Waals surface area (Å²) in [7, 11) is 0. The monoisotopic (exact) mass is 315 g/mol. The van der Waals surface area contributed by atoms with E-state index in [-0.39, 0.29) is 5.69 Å². The minimum Gasteiger partial charge on any atom is -0.258 e. The average Bonchev–Trinajstić information content (AvgIpc) is 2.96. The summed E-state index contributed by atoms with van der Waals surface area (Å²) >= 11 is 6.09. The molecule has 3 rings (SSSR count). The number of benzene rings is 2. The lowest BCUT2D eigenvalue weighted by atomic mass is 10.2. The van der Waals surface area contributed by atoms with Crippen molar-refractivity contribution < 1.29 is 4.92 Å². The van der Waals surface area contributed by atoms with Crippen LogP contribution in [0, 0.1) is 10.1 Å². The van der Waals surface area contributed by atoms with Crippen LogP contribution in [-0.2, 0) is 6.54 Å². The number of nitro groups is 1. The number of hydrogen-bond donors (Lipinski definition) is 0. The predicted molar refractivity (Wildman–Crippen MR) is 80.5 cm³/mol. The molecule has 3 aromatic rings. The summed E-state index contributed by atoms with van der Waals surface area (Å²) in [5.41, 5.74) is 1.60. The normalized spacial score (nSPS) is 10.6. The molecular weight excluding hydrogens is 306 g/mol. The first-order chi connectivity index (χ1) is 10.6. The molecule has 0 N–H and O–H groups in total. The number of nitrogens with zero attached hydrogens (tertiary/aromatic N) is 5. The Bertz CT molecular complexity index is 816. The van der Waals surface area contributed by atoms with Crippen molar-refractivity contribution in [3.05, 3.63) is 69.2 Å².